The maximum absolute atomic E-state index is 14.4. The summed E-state index contributed by atoms with van der Waals surface area (Å²) in [6, 6.07) is 21.1. The normalized spacial score (nSPS) is 14.9. The van der Waals surface area contributed by atoms with Crippen molar-refractivity contribution in [3.8, 4) is 22.6 Å². The molecular formula is C33H30FN3O4S. The van der Waals surface area contributed by atoms with E-state index < -0.39 is 11.5 Å². The minimum Gasteiger partial charge on any atom is -0.496 e. The maximum Gasteiger partial charge on any atom is 0.344 e. The number of nitrogens with zero attached hydrogens (tertiary/aromatic N) is 2. The van der Waals surface area contributed by atoms with Crippen LogP contribution in [0.15, 0.2) is 77.7 Å². The van der Waals surface area contributed by atoms with E-state index in [-0.39, 0.29) is 11.7 Å². The van der Waals surface area contributed by atoms with Crippen molar-refractivity contribution in [1.82, 2.24) is 0 Å². The summed E-state index contributed by atoms with van der Waals surface area (Å²) in [4.78, 5) is 27.6. The molecule has 0 bridgehead atoms. The van der Waals surface area contributed by atoms with E-state index in [2.05, 4.69) is 5.32 Å². The van der Waals surface area contributed by atoms with Crippen molar-refractivity contribution in [2.45, 2.75) is 37.8 Å². The number of aryl methyl sites for hydroxylation is 1. The Labute approximate surface area is 248 Å². The zero-order chi connectivity index (χ0) is 29.8. The van der Waals surface area contributed by atoms with Gasteiger partial charge in [-0.3, -0.25) is 9.80 Å². The Bertz CT molecular complexity index is 1760. The number of carbonyl (C=O) groups is 2. The molecule has 1 N–H and O–H groups in total. The summed E-state index contributed by atoms with van der Waals surface area (Å²) in [6.45, 7) is 5.92. The summed E-state index contributed by atoms with van der Waals surface area (Å²) in [6.07, 6.45) is 1.91. The lowest BCUT2D eigenvalue weighted by molar-refractivity contribution is -0.122. The molecule has 0 aromatic heterocycles. The summed E-state index contributed by atoms with van der Waals surface area (Å²) in [7, 11) is 1.56. The minimum atomic E-state index is -0.867. The second-order valence-corrected chi connectivity index (χ2v) is 11.6. The maximum atomic E-state index is 14.4. The van der Waals surface area contributed by atoms with E-state index >= 15 is 0 Å². The highest BCUT2D eigenvalue weighted by atomic mass is 32.2. The SMILES string of the molecule is COc1cc(OC(=O)c2ccccc2SC)ccc1-c1ccc2c3c1CN(c1cc(F)ccc1C)N3C(=O)C(C)(C)N2. The number of hydrazine groups is 1. The van der Waals surface area contributed by atoms with Gasteiger partial charge in [0, 0.05) is 22.1 Å². The molecule has 0 unspecified atom stereocenters. The van der Waals surface area contributed by atoms with Gasteiger partial charge in [-0.1, -0.05) is 24.3 Å². The van der Waals surface area contributed by atoms with Crippen LogP contribution in [0.3, 0.4) is 0 Å². The highest BCUT2D eigenvalue weighted by Gasteiger charge is 2.47. The van der Waals surface area contributed by atoms with Gasteiger partial charge >= 0.3 is 5.97 Å². The van der Waals surface area contributed by atoms with Gasteiger partial charge in [-0.2, -0.15) is 0 Å². The van der Waals surface area contributed by atoms with E-state index in [1.807, 2.05) is 62.4 Å². The Morgan fingerprint density at radius 1 is 1.02 bits per heavy atom. The largest absolute Gasteiger partial charge is 0.496 e. The lowest BCUT2D eigenvalue weighted by Gasteiger charge is -2.41. The third-order valence-corrected chi connectivity index (χ3v) is 8.46. The molecule has 2 heterocycles. The Hall–Kier alpha value is -4.50. The quantitative estimate of drug-likeness (QED) is 0.146. The van der Waals surface area contributed by atoms with Gasteiger partial charge < -0.3 is 14.8 Å². The smallest absolute Gasteiger partial charge is 0.344 e. The van der Waals surface area contributed by atoms with Gasteiger partial charge in [0.2, 0.25) is 0 Å². The molecule has 2 aliphatic heterocycles. The average Bonchev–Trinajstić information content (AvgIpc) is 3.38. The number of carbonyl (C=O) groups excluding carboxylic acids is 2. The number of thioether (sulfide) groups is 1. The van der Waals surface area contributed by atoms with Gasteiger partial charge in [0.1, 0.15) is 22.9 Å². The van der Waals surface area contributed by atoms with Crippen LogP contribution in [0.2, 0.25) is 0 Å². The summed E-state index contributed by atoms with van der Waals surface area (Å²) in [5, 5.41) is 6.88. The van der Waals surface area contributed by atoms with E-state index in [0.717, 1.165) is 38.5 Å². The van der Waals surface area contributed by atoms with Crippen LogP contribution in [0.4, 0.5) is 21.5 Å². The molecule has 9 heteroatoms. The highest BCUT2D eigenvalue weighted by molar-refractivity contribution is 7.98. The molecular weight excluding hydrogens is 553 g/mol. The fourth-order valence-corrected chi connectivity index (χ4v) is 6.17. The molecule has 7 nitrogen and oxygen atoms in total. The molecule has 0 saturated carbocycles. The first-order valence-electron chi connectivity index (χ1n) is 13.5. The number of benzene rings is 4. The highest BCUT2D eigenvalue weighted by Crippen LogP contribution is 2.50. The number of nitrogens with one attached hydrogen (secondary N) is 1. The molecule has 4 aromatic rings. The molecule has 0 aliphatic carbocycles. The standard InChI is InChI=1S/C33H30FN3O4S/c1-19-10-11-20(34)16-27(19)36-18-25-22(14-15-26-30(25)37(36)32(39)33(2,3)35-26)23-13-12-21(17-28(23)40-4)41-31(38)24-8-6-7-9-29(24)42-5/h6-17,35H,18H2,1-5H3. The molecule has 0 atom stereocenters. The van der Waals surface area contributed by atoms with Crippen LogP contribution in [0.25, 0.3) is 11.1 Å². The first-order valence-corrected chi connectivity index (χ1v) is 14.7. The molecule has 2 aliphatic rings. The molecule has 42 heavy (non-hydrogen) atoms. The summed E-state index contributed by atoms with van der Waals surface area (Å²) >= 11 is 1.48. The Morgan fingerprint density at radius 3 is 2.55 bits per heavy atom. The summed E-state index contributed by atoms with van der Waals surface area (Å²) < 4.78 is 25.9. The number of hydrogen-bond donors (Lipinski definition) is 1. The molecule has 214 valence electrons. The number of hydrogen-bond acceptors (Lipinski definition) is 7. The van der Waals surface area contributed by atoms with Crippen molar-refractivity contribution < 1.29 is 23.5 Å². The molecule has 0 saturated heterocycles. The molecule has 4 aromatic carbocycles. The number of anilines is 3. The average molecular weight is 584 g/mol. The van der Waals surface area contributed by atoms with E-state index in [1.165, 1.54) is 23.9 Å². The zero-order valence-corrected chi connectivity index (χ0v) is 24.8. The number of rotatable bonds is 6. The van der Waals surface area contributed by atoms with Crippen LogP contribution in [-0.2, 0) is 11.3 Å². The first kappa shape index (κ1) is 27.7. The van der Waals surface area contributed by atoms with Crippen LogP contribution >= 0.6 is 11.8 Å². The fraction of sp³-hybridized carbons (Fsp3) is 0.212. The molecule has 0 fully saturated rings. The fourth-order valence-electron chi connectivity index (χ4n) is 5.59. The lowest BCUT2D eigenvalue weighted by atomic mass is 9.93. The molecule has 0 spiro atoms. The second-order valence-electron chi connectivity index (χ2n) is 10.8. The van der Waals surface area contributed by atoms with Crippen LogP contribution in [0.5, 0.6) is 11.5 Å². The van der Waals surface area contributed by atoms with Crippen LogP contribution in [0.1, 0.15) is 35.3 Å². The number of ether oxygens (including phenoxy) is 2. The Morgan fingerprint density at radius 2 is 1.79 bits per heavy atom. The van der Waals surface area contributed by atoms with Crippen LogP contribution < -0.4 is 24.8 Å². The molecule has 1 amide bonds. The van der Waals surface area contributed by atoms with Crippen molar-refractivity contribution in [1.29, 1.82) is 0 Å². The Kier molecular flexibility index (Phi) is 6.85. The van der Waals surface area contributed by atoms with Gasteiger partial charge in [-0.05, 0) is 80.6 Å². The Balaban J connectivity index is 1.42. The predicted octanol–water partition coefficient (Wildman–Crippen LogP) is 7.22. The molecule has 0 radical (unpaired) electrons. The predicted molar refractivity (Wildman–Crippen MR) is 164 cm³/mol. The van der Waals surface area contributed by atoms with E-state index in [1.54, 1.807) is 42.5 Å². The van der Waals surface area contributed by atoms with Gasteiger partial charge in [0.25, 0.3) is 5.91 Å². The number of esters is 1. The number of amides is 1. The van der Waals surface area contributed by atoms with Crippen LogP contribution in [0, 0.1) is 12.7 Å². The summed E-state index contributed by atoms with van der Waals surface area (Å²) in [5.41, 5.74) is 5.15. The van der Waals surface area contributed by atoms with Crippen molar-refractivity contribution in [2.24, 2.45) is 0 Å². The van der Waals surface area contributed by atoms with Crippen molar-refractivity contribution in [2.75, 3.05) is 28.7 Å². The zero-order valence-electron chi connectivity index (χ0n) is 23.9. The van der Waals surface area contributed by atoms with Crippen LogP contribution in [-0.4, -0.2) is 30.8 Å². The van der Waals surface area contributed by atoms with E-state index in [4.69, 9.17) is 9.47 Å². The van der Waals surface area contributed by atoms with Gasteiger partial charge in [0.05, 0.1) is 36.3 Å². The molecule has 6 rings (SSSR count). The second kappa shape index (κ2) is 10.4. The third kappa shape index (κ3) is 4.54. The van der Waals surface area contributed by atoms with Gasteiger partial charge in [-0.15, -0.1) is 11.8 Å². The van der Waals surface area contributed by atoms with Crippen molar-refractivity contribution in [3.63, 3.8) is 0 Å². The first-order chi connectivity index (χ1) is 20.1. The van der Waals surface area contributed by atoms with Gasteiger partial charge in [0.15, 0.2) is 0 Å². The summed E-state index contributed by atoms with van der Waals surface area (Å²) in [5.74, 6) is -0.110. The van der Waals surface area contributed by atoms with E-state index in [9.17, 15) is 14.0 Å². The lowest BCUT2D eigenvalue weighted by Crippen LogP contribution is -2.57. The third-order valence-electron chi connectivity index (χ3n) is 7.67. The van der Waals surface area contributed by atoms with E-state index in [0.29, 0.717) is 29.3 Å². The monoisotopic (exact) mass is 583 g/mol. The van der Waals surface area contributed by atoms with Gasteiger partial charge in [-0.25, -0.2) is 14.2 Å². The van der Waals surface area contributed by atoms with Crippen molar-refractivity contribution >= 4 is 40.7 Å². The van der Waals surface area contributed by atoms with Crippen molar-refractivity contribution in [3.05, 3.63) is 95.3 Å². The number of halogens is 1. The topological polar surface area (TPSA) is 71.1 Å². The minimum absolute atomic E-state index is 0.144. The number of methoxy groups -OCH3 is 1.